The molecule has 0 spiro atoms. The van der Waals surface area contributed by atoms with Crippen LogP contribution in [0.15, 0.2) is 42.5 Å². The van der Waals surface area contributed by atoms with Gasteiger partial charge in [0.05, 0.1) is 5.56 Å². The second-order valence-corrected chi connectivity index (χ2v) is 4.78. The Morgan fingerprint density at radius 2 is 1.95 bits per heavy atom. The third kappa shape index (κ3) is 2.96. The monoisotopic (exact) mass is 272 g/mol. The molecule has 0 fully saturated rings. The first-order valence-corrected chi connectivity index (χ1v) is 6.40. The predicted molar refractivity (Wildman–Crippen MR) is 78.1 cm³/mol. The smallest absolute Gasteiger partial charge is 0.251 e. The number of hydrogen-bond donors (Lipinski definition) is 2. The minimum atomic E-state index is -0.769. The van der Waals surface area contributed by atoms with Gasteiger partial charge in [-0.25, -0.2) is 4.39 Å². The number of amides is 1. The summed E-state index contributed by atoms with van der Waals surface area (Å²) in [6, 6.07) is 12.3. The molecule has 0 aliphatic rings. The Bertz CT molecular complexity index is 640. The number of primary amides is 1. The number of aryl methyl sites for hydroxylation is 1. The van der Waals surface area contributed by atoms with Crippen LogP contribution < -0.4 is 11.1 Å². The number of benzene rings is 2. The van der Waals surface area contributed by atoms with Gasteiger partial charge in [0.2, 0.25) is 0 Å². The van der Waals surface area contributed by atoms with Crippen LogP contribution in [0.5, 0.6) is 0 Å². The van der Waals surface area contributed by atoms with Crippen molar-refractivity contribution < 1.29 is 9.18 Å². The average Bonchev–Trinajstić information content (AvgIpc) is 2.41. The summed E-state index contributed by atoms with van der Waals surface area (Å²) in [5.74, 6) is -1.37. The molecular formula is C16H17FN2O. The summed E-state index contributed by atoms with van der Waals surface area (Å²) in [5.41, 5.74) is 8.02. The maximum absolute atomic E-state index is 13.4. The molecule has 104 valence electrons. The van der Waals surface area contributed by atoms with Crippen molar-refractivity contribution in [3.05, 3.63) is 65.0 Å². The standard InChI is InChI=1S/C16H17FN2O/c1-10-5-3-4-6-13(10)11(2)19-12-7-8-15(17)14(9-12)16(18)20/h3-9,11,19H,1-2H3,(H2,18,20). The van der Waals surface area contributed by atoms with Crippen molar-refractivity contribution >= 4 is 11.6 Å². The topological polar surface area (TPSA) is 55.1 Å². The van der Waals surface area contributed by atoms with Gasteiger partial charge in [0.15, 0.2) is 0 Å². The highest BCUT2D eigenvalue weighted by Gasteiger charge is 2.12. The molecule has 0 aliphatic carbocycles. The zero-order valence-corrected chi connectivity index (χ0v) is 11.5. The molecule has 3 nitrogen and oxygen atoms in total. The third-order valence-electron chi connectivity index (χ3n) is 3.27. The SMILES string of the molecule is Cc1ccccc1C(C)Nc1ccc(F)c(C(N)=O)c1. The van der Waals surface area contributed by atoms with E-state index in [0.717, 1.165) is 5.56 Å². The van der Waals surface area contributed by atoms with Crippen molar-refractivity contribution in [1.29, 1.82) is 0 Å². The number of nitrogens with one attached hydrogen (secondary N) is 1. The van der Waals surface area contributed by atoms with E-state index in [4.69, 9.17) is 5.73 Å². The molecule has 0 saturated heterocycles. The number of nitrogens with two attached hydrogens (primary N) is 1. The minimum Gasteiger partial charge on any atom is -0.378 e. The lowest BCUT2D eigenvalue weighted by Gasteiger charge is -2.18. The Balaban J connectivity index is 2.24. The zero-order chi connectivity index (χ0) is 14.7. The van der Waals surface area contributed by atoms with Crippen LogP contribution in [0, 0.1) is 12.7 Å². The maximum atomic E-state index is 13.4. The van der Waals surface area contributed by atoms with Crippen molar-refractivity contribution in [3.63, 3.8) is 0 Å². The van der Waals surface area contributed by atoms with Gasteiger partial charge >= 0.3 is 0 Å². The van der Waals surface area contributed by atoms with E-state index in [1.165, 1.54) is 17.7 Å². The van der Waals surface area contributed by atoms with Crippen LogP contribution in [0.2, 0.25) is 0 Å². The lowest BCUT2D eigenvalue weighted by molar-refractivity contribution is 0.0996. The molecule has 1 amide bonds. The highest BCUT2D eigenvalue weighted by atomic mass is 19.1. The Labute approximate surface area is 117 Å². The number of anilines is 1. The molecule has 0 aliphatic heterocycles. The van der Waals surface area contributed by atoms with E-state index in [2.05, 4.69) is 5.32 Å². The normalized spacial score (nSPS) is 11.9. The maximum Gasteiger partial charge on any atom is 0.251 e. The van der Waals surface area contributed by atoms with E-state index >= 15 is 0 Å². The van der Waals surface area contributed by atoms with E-state index in [9.17, 15) is 9.18 Å². The largest absolute Gasteiger partial charge is 0.378 e. The van der Waals surface area contributed by atoms with Crippen molar-refractivity contribution in [1.82, 2.24) is 0 Å². The van der Waals surface area contributed by atoms with Gasteiger partial charge < -0.3 is 11.1 Å². The van der Waals surface area contributed by atoms with Gasteiger partial charge in [-0.1, -0.05) is 24.3 Å². The quantitative estimate of drug-likeness (QED) is 0.896. The van der Waals surface area contributed by atoms with Crippen LogP contribution in [0.3, 0.4) is 0 Å². The first-order chi connectivity index (χ1) is 9.49. The molecule has 3 N–H and O–H groups in total. The van der Waals surface area contributed by atoms with Gasteiger partial charge in [-0.05, 0) is 43.2 Å². The van der Waals surface area contributed by atoms with E-state index in [-0.39, 0.29) is 11.6 Å². The van der Waals surface area contributed by atoms with Gasteiger partial charge in [0.25, 0.3) is 5.91 Å². The first-order valence-electron chi connectivity index (χ1n) is 6.40. The molecule has 0 saturated carbocycles. The average molecular weight is 272 g/mol. The minimum absolute atomic E-state index is 0.0439. The molecule has 0 radical (unpaired) electrons. The molecule has 2 rings (SSSR count). The van der Waals surface area contributed by atoms with E-state index < -0.39 is 11.7 Å². The van der Waals surface area contributed by atoms with Gasteiger partial charge in [0.1, 0.15) is 5.82 Å². The summed E-state index contributed by atoms with van der Waals surface area (Å²) >= 11 is 0. The van der Waals surface area contributed by atoms with Crippen LogP contribution in [0.1, 0.15) is 34.5 Å². The Morgan fingerprint density at radius 3 is 2.60 bits per heavy atom. The summed E-state index contributed by atoms with van der Waals surface area (Å²) in [4.78, 5) is 11.1. The molecule has 0 aromatic heterocycles. The van der Waals surface area contributed by atoms with Crippen LogP contribution in [0.4, 0.5) is 10.1 Å². The van der Waals surface area contributed by atoms with E-state index in [1.807, 2.05) is 38.1 Å². The summed E-state index contributed by atoms with van der Waals surface area (Å²) in [6.07, 6.45) is 0. The number of carbonyl (C=O) groups is 1. The molecule has 0 heterocycles. The number of rotatable bonds is 4. The fourth-order valence-corrected chi connectivity index (χ4v) is 2.20. The van der Waals surface area contributed by atoms with Crippen LogP contribution in [-0.2, 0) is 0 Å². The lowest BCUT2D eigenvalue weighted by atomic mass is 10.0. The fraction of sp³-hybridized carbons (Fsp3) is 0.188. The van der Waals surface area contributed by atoms with Crippen molar-refractivity contribution in [2.75, 3.05) is 5.32 Å². The highest BCUT2D eigenvalue weighted by Crippen LogP contribution is 2.23. The van der Waals surface area contributed by atoms with Gasteiger partial charge in [0, 0.05) is 11.7 Å². The van der Waals surface area contributed by atoms with Gasteiger partial charge in [-0.2, -0.15) is 0 Å². The number of hydrogen-bond acceptors (Lipinski definition) is 2. The van der Waals surface area contributed by atoms with Gasteiger partial charge in [-0.15, -0.1) is 0 Å². The Hall–Kier alpha value is -2.36. The molecule has 0 bridgehead atoms. The van der Waals surface area contributed by atoms with Gasteiger partial charge in [-0.3, -0.25) is 4.79 Å². The Kier molecular flexibility index (Phi) is 4.03. The molecule has 1 unspecified atom stereocenters. The van der Waals surface area contributed by atoms with Crippen LogP contribution >= 0.6 is 0 Å². The summed E-state index contributed by atoms with van der Waals surface area (Å²) in [6.45, 7) is 4.04. The van der Waals surface area contributed by atoms with Crippen LogP contribution in [-0.4, -0.2) is 5.91 Å². The third-order valence-corrected chi connectivity index (χ3v) is 3.27. The number of carbonyl (C=O) groups excluding carboxylic acids is 1. The van der Waals surface area contributed by atoms with Crippen molar-refractivity contribution in [3.8, 4) is 0 Å². The molecule has 1 atom stereocenters. The number of halogens is 1. The summed E-state index contributed by atoms with van der Waals surface area (Å²) in [5, 5.41) is 3.25. The fourth-order valence-electron chi connectivity index (χ4n) is 2.20. The predicted octanol–water partition coefficient (Wildman–Crippen LogP) is 3.41. The zero-order valence-electron chi connectivity index (χ0n) is 11.5. The molecule has 4 heteroatoms. The first kappa shape index (κ1) is 14.1. The second-order valence-electron chi connectivity index (χ2n) is 4.78. The van der Waals surface area contributed by atoms with E-state index in [0.29, 0.717) is 5.69 Å². The lowest BCUT2D eigenvalue weighted by Crippen LogP contribution is -2.14. The van der Waals surface area contributed by atoms with Crippen LogP contribution in [0.25, 0.3) is 0 Å². The van der Waals surface area contributed by atoms with E-state index in [1.54, 1.807) is 6.07 Å². The molecular weight excluding hydrogens is 255 g/mol. The molecule has 2 aromatic carbocycles. The van der Waals surface area contributed by atoms with Crippen molar-refractivity contribution in [2.45, 2.75) is 19.9 Å². The van der Waals surface area contributed by atoms with Crippen molar-refractivity contribution in [2.24, 2.45) is 5.73 Å². The second kappa shape index (κ2) is 5.74. The summed E-state index contributed by atoms with van der Waals surface area (Å²) in [7, 11) is 0. The summed E-state index contributed by atoms with van der Waals surface area (Å²) < 4.78 is 13.4. The highest BCUT2D eigenvalue weighted by molar-refractivity contribution is 5.94. The molecule has 2 aromatic rings. The Morgan fingerprint density at radius 1 is 1.25 bits per heavy atom. The molecule has 20 heavy (non-hydrogen) atoms.